The summed E-state index contributed by atoms with van der Waals surface area (Å²) in [4.78, 5) is 18.4. The van der Waals surface area contributed by atoms with Crippen LogP contribution in [0.1, 0.15) is 17.9 Å². The van der Waals surface area contributed by atoms with E-state index < -0.39 is 27.0 Å². The molecule has 52 heavy (non-hydrogen) atoms. The van der Waals surface area contributed by atoms with Gasteiger partial charge in [0.1, 0.15) is 23.8 Å². The summed E-state index contributed by atoms with van der Waals surface area (Å²) in [6.45, 7) is 4.47. The summed E-state index contributed by atoms with van der Waals surface area (Å²) in [6.07, 6.45) is 4.11. The van der Waals surface area contributed by atoms with Crippen molar-refractivity contribution >= 4 is 37.4 Å². The van der Waals surface area contributed by atoms with Crippen molar-refractivity contribution < 1.29 is 31.8 Å². The average molecular weight is 738 g/mol. The highest BCUT2D eigenvalue weighted by Crippen LogP contribution is 2.31. The zero-order valence-corrected chi connectivity index (χ0v) is 29.8. The van der Waals surface area contributed by atoms with Gasteiger partial charge >= 0.3 is 6.55 Å². The Morgan fingerprint density at radius 1 is 0.962 bits per heavy atom. The minimum absolute atomic E-state index is 0.0644. The van der Waals surface area contributed by atoms with E-state index in [1.807, 2.05) is 34.1 Å². The predicted molar refractivity (Wildman–Crippen MR) is 187 cm³/mol. The highest BCUT2D eigenvalue weighted by molar-refractivity contribution is 6.55. The Hall–Kier alpha value is -5.07. The molecule has 1 saturated heterocycles. The van der Waals surface area contributed by atoms with E-state index in [-0.39, 0.29) is 25.3 Å². The van der Waals surface area contributed by atoms with Crippen LogP contribution in [0.15, 0.2) is 55.0 Å². The van der Waals surface area contributed by atoms with E-state index in [4.69, 9.17) is 24.2 Å². The predicted octanol–water partition coefficient (Wildman–Crippen LogP) is 5.79. The summed E-state index contributed by atoms with van der Waals surface area (Å²) in [7, 11) is 1.04. The molecule has 7 rings (SSSR count). The number of nitrogens with zero attached hydrogens (tertiary/aromatic N) is 10. The second-order valence-electron chi connectivity index (χ2n) is 12.6. The first-order valence-corrected chi connectivity index (χ1v) is 19.4. The first-order valence-electron chi connectivity index (χ1n) is 16.7. The fourth-order valence-electron chi connectivity index (χ4n) is 5.95. The SMILES string of the molecule is COc1ccc(CN(Cc2nc3c(F)c(F)ccc3n2COCC[Si](C)C)c2nc(N3CCOCC3)nc3c(-c4cnn(C(F)F)c4)cnn23)cc1. The van der Waals surface area contributed by atoms with E-state index >= 15 is 4.39 Å². The monoisotopic (exact) mass is 737 g/mol. The number of alkyl halides is 2. The van der Waals surface area contributed by atoms with Crippen molar-refractivity contribution in [2.24, 2.45) is 0 Å². The molecule has 13 nitrogen and oxygen atoms in total. The van der Waals surface area contributed by atoms with Crippen LogP contribution in [-0.2, 0) is 29.3 Å². The molecule has 1 aliphatic heterocycles. The molecule has 4 aromatic heterocycles. The summed E-state index contributed by atoms with van der Waals surface area (Å²) in [5, 5.41) is 8.46. The standard InChI is InChI=1S/C34H37F4N10O3Si/c1-49-24-6-4-22(5-7-24)18-45(20-28-41-30-27(9-8-26(35)29(30)36)46(28)21-51-14-15-52(2)3)34-43-33(44-10-12-50-13-11-44)42-31-25(17-40-48(31)34)23-16-39-47(19-23)32(37)38/h4-9,16-17,19,32H,10-15,18,20-21H2,1-3H3. The third kappa shape index (κ3) is 7.31. The summed E-state index contributed by atoms with van der Waals surface area (Å²) in [6, 6.07) is 11.0. The smallest absolute Gasteiger partial charge is 0.333 e. The van der Waals surface area contributed by atoms with Crippen LogP contribution >= 0.6 is 0 Å². The number of ether oxygens (including phenoxy) is 3. The van der Waals surface area contributed by atoms with Gasteiger partial charge in [0, 0.05) is 52.4 Å². The minimum atomic E-state index is -2.82. The highest BCUT2D eigenvalue weighted by atomic mass is 28.3. The van der Waals surface area contributed by atoms with E-state index in [1.54, 1.807) is 11.7 Å². The van der Waals surface area contributed by atoms with Crippen LogP contribution in [0.2, 0.25) is 19.1 Å². The number of morpholine rings is 1. The quantitative estimate of drug-likeness (QED) is 0.0774. The van der Waals surface area contributed by atoms with Crippen molar-refractivity contribution in [3.8, 4) is 16.9 Å². The van der Waals surface area contributed by atoms with Crippen LogP contribution in [-0.4, -0.2) is 87.7 Å². The number of methoxy groups -OCH3 is 1. The third-order valence-corrected chi connectivity index (χ3v) is 9.96. The normalized spacial score (nSPS) is 13.7. The van der Waals surface area contributed by atoms with Crippen LogP contribution in [0, 0.1) is 11.6 Å². The lowest BCUT2D eigenvalue weighted by molar-refractivity contribution is 0.0566. The molecule has 5 heterocycles. The zero-order valence-electron chi connectivity index (χ0n) is 28.8. The zero-order chi connectivity index (χ0) is 36.4. The molecule has 0 amide bonds. The summed E-state index contributed by atoms with van der Waals surface area (Å²) in [5.74, 6) is -0.240. The Labute approximate surface area is 298 Å². The molecule has 1 fully saturated rings. The molecule has 273 valence electrons. The van der Waals surface area contributed by atoms with Crippen LogP contribution < -0.4 is 14.5 Å². The Kier molecular flexibility index (Phi) is 10.4. The van der Waals surface area contributed by atoms with Gasteiger partial charge in [-0.1, -0.05) is 25.2 Å². The van der Waals surface area contributed by atoms with E-state index in [1.165, 1.54) is 29.2 Å². The molecule has 2 aromatic carbocycles. The Morgan fingerprint density at radius 3 is 2.46 bits per heavy atom. The highest BCUT2D eigenvalue weighted by Gasteiger charge is 2.26. The lowest BCUT2D eigenvalue weighted by Crippen LogP contribution is -2.38. The van der Waals surface area contributed by atoms with Gasteiger partial charge in [0.05, 0.1) is 44.8 Å². The molecule has 0 saturated carbocycles. The molecule has 18 heteroatoms. The lowest BCUT2D eigenvalue weighted by Gasteiger charge is -2.29. The van der Waals surface area contributed by atoms with Crippen LogP contribution in [0.5, 0.6) is 5.75 Å². The van der Waals surface area contributed by atoms with Gasteiger partial charge in [-0.25, -0.2) is 18.4 Å². The maximum Gasteiger partial charge on any atom is 0.333 e. The number of aromatic nitrogens is 8. The fourth-order valence-corrected chi connectivity index (χ4v) is 6.50. The van der Waals surface area contributed by atoms with Crippen molar-refractivity contribution in [1.82, 2.24) is 38.9 Å². The Morgan fingerprint density at radius 2 is 1.75 bits per heavy atom. The van der Waals surface area contributed by atoms with Gasteiger partial charge in [0.15, 0.2) is 17.3 Å². The van der Waals surface area contributed by atoms with E-state index in [2.05, 4.69) is 28.3 Å². The van der Waals surface area contributed by atoms with Crippen LogP contribution in [0.25, 0.3) is 27.8 Å². The van der Waals surface area contributed by atoms with Gasteiger partial charge in [0.25, 0.3) is 0 Å². The molecular formula is C34H37F4N10O3Si. The number of hydrogen-bond donors (Lipinski definition) is 0. The second-order valence-corrected chi connectivity index (χ2v) is 15.5. The molecule has 0 N–H and O–H groups in total. The number of fused-ring (bicyclic) bond motifs is 2. The maximum absolute atomic E-state index is 15.2. The van der Waals surface area contributed by atoms with Crippen LogP contribution in [0.4, 0.5) is 29.5 Å². The van der Waals surface area contributed by atoms with E-state index in [0.717, 1.165) is 17.7 Å². The van der Waals surface area contributed by atoms with Gasteiger partial charge in [-0.3, -0.25) is 0 Å². The van der Waals surface area contributed by atoms with Gasteiger partial charge < -0.3 is 28.6 Å². The maximum atomic E-state index is 15.2. The van der Waals surface area contributed by atoms with Crippen molar-refractivity contribution in [3.05, 3.63) is 78.0 Å². The number of anilines is 2. The summed E-state index contributed by atoms with van der Waals surface area (Å²) < 4.78 is 77.6. The number of hydrogen-bond acceptors (Lipinski definition) is 10. The molecule has 0 aliphatic carbocycles. The molecule has 0 unspecified atom stereocenters. The molecule has 6 aromatic rings. The number of rotatable bonds is 14. The molecule has 0 spiro atoms. The second kappa shape index (κ2) is 15.3. The lowest BCUT2D eigenvalue weighted by atomic mass is 10.2. The van der Waals surface area contributed by atoms with Gasteiger partial charge in [-0.15, -0.1) is 0 Å². The topological polar surface area (TPSA) is 113 Å². The summed E-state index contributed by atoms with van der Waals surface area (Å²) >= 11 is 0. The van der Waals surface area contributed by atoms with Crippen LogP contribution in [0.3, 0.4) is 0 Å². The molecular weight excluding hydrogens is 701 g/mol. The summed E-state index contributed by atoms with van der Waals surface area (Å²) in [5.41, 5.74) is 2.38. The number of imidazole rings is 1. The molecule has 0 bridgehead atoms. The van der Waals surface area contributed by atoms with E-state index in [9.17, 15) is 13.2 Å². The first kappa shape index (κ1) is 35.3. The van der Waals surface area contributed by atoms with Crippen molar-refractivity contribution in [2.75, 3.05) is 49.8 Å². The molecule has 1 aliphatic rings. The molecule has 1 radical (unpaired) electrons. The third-order valence-electron chi connectivity index (χ3n) is 8.75. The largest absolute Gasteiger partial charge is 0.497 e. The van der Waals surface area contributed by atoms with Crippen molar-refractivity contribution in [3.63, 3.8) is 0 Å². The minimum Gasteiger partial charge on any atom is -0.497 e. The van der Waals surface area contributed by atoms with E-state index in [0.29, 0.717) is 83.4 Å². The van der Waals surface area contributed by atoms with Gasteiger partial charge in [0.2, 0.25) is 11.9 Å². The fraction of sp³-hybridized carbons (Fsp3) is 0.382. The Balaban J connectivity index is 1.38. The number of halogens is 4. The van der Waals surface area contributed by atoms with Crippen molar-refractivity contribution in [1.29, 1.82) is 0 Å². The van der Waals surface area contributed by atoms with Gasteiger partial charge in [-0.05, 0) is 35.9 Å². The number of benzene rings is 2. The molecule has 0 atom stereocenters. The van der Waals surface area contributed by atoms with Crippen molar-refractivity contribution in [2.45, 2.75) is 45.5 Å². The van der Waals surface area contributed by atoms with Gasteiger partial charge in [-0.2, -0.15) is 33.5 Å². The average Bonchev–Trinajstić information content (AvgIpc) is 3.89. The first-order chi connectivity index (χ1) is 25.2. The Bertz CT molecular complexity index is 2150.